The number of nitrogens with one attached hydrogen (secondary N) is 1. The van der Waals surface area contributed by atoms with E-state index < -0.39 is 11.6 Å². The fourth-order valence-electron chi connectivity index (χ4n) is 4.65. The summed E-state index contributed by atoms with van der Waals surface area (Å²) in [7, 11) is 0. The Kier molecular flexibility index (Phi) is 4.21. The Balaban J connectivity index is 1.58. The fraction of sp³-hybridized carbons (Fsp3) is 0.550. The number of urea groups is 1. The molecular weight excluding hydrogens is 330 g/mol. The number of piperidine rings is 1. The largest absolute Gasteiger partial charge is 0.338 e. The van der Waals surface area contributed by atoms with E-state index in [0.29, 0.717) is 13.0 Å². The highest BCUT2D eigenvalue weighted by Crippen LogP contribution is 2.39. The van der Waals surface area contributed by atoms with Crippen molar-refractivity contribution in [2.24, 2.45) is 0 Å². The molecule has 4 amide bonds. The van der Waals surface area contributed by atoms with E-state index >= 15 is 0 Å². The number of fused-ring (bicyclic) bond motifs is 2. The third-order valence-corrected chi connectivity index (χ3v) is 6.07. The number of hydrogen-bond acceptors (Lipinski definition) is 3. The SMILES string of the molecule is C[C@@H]1CCCCN1C(=O)CN1C(=O)N[C@]2(CCCc3ccccc32)C1=O. The number of hydrogen-bond donors (Lipinski definition) is 1. The van der Waals surface area contributed by atoms with Crippen LogP contribution >= 0.6 is 0 Å². The predicted octanol–water partition coefficient (Wildman–Crippen LogP) is 2.17. The molecule has 2 heterocycles. The first-order chi connectivity index (χ1) is 12.5. The third-order valence-electron chi connectivity index (χ3n) is 6.07. The maximum absolute atomic E-state index is 13.2. The van der Waals surface area contributed by atoms with Crippen molar-refractivity contribution in [2.45, 2.75) is 57.0 Å². The molecule has 1 spiro atoms. The maximum Gasteiger partial charge on any atom is 0.325 e. The summed E-state index contributed by atoms with van der Waals surface area (Å²) >= 11 is 0. The topological polar surface area (TPSA) is 69.7 Å². The summed E-state index contributed by atoms with van der Waals surface area (Å²) in [6.07, 6.45) is 5.41. The Morgan fingerprint density at radius 2 is 2.04 bits per heavy atom. The van der Waals surface area contributed by atoms with E-state index in [1.807, 2.05) is 36.1 Å². The number of nitrogens with zero attached hydrogens (tertiary/aromatic N) is 2. The van der Waals surface area contributed by atoms with E-state index in [1.165, 1.54) is 0 Å². The highest BCUT2D eigenvalue weighted by atomic mass is 16.2. The van der Waals surface area contributed by atoms with Crippen LogP contribution in [-0.4, -0.2) is 46.8 Å². The predicted molar refractivity (Wildman–Crippen MR) is 96.3 cm³/mol. The Bertz CT molecular complexity index is 762. The summed E-state index contributed by atoms with van der Waals surface area (Å²) in [5.41, 5.74) is 0.982. The first-order valence-corrected chi connectivity index (χ1v) is 9.55. The van der Waals surface area contributed by atoms with Crippen molar-refractivity contribution >= 4 is 17.8 Å². The minimum atomic E-state index is -1.00. The van der Waals surface area contributed by atoms with Crippen molar-refractivity contribution < 1.29 is 14.4 Å². The van der Waals surface area contributed by atoms with Gasteiger partial charge in [-0.1, -0.05) is 24.3 Å². The molecule has 26 heavy (non-hydrogen) atoms. The van der Waals surface area contributed by atoms with Gasteiger partial charge in [0.05, 0.1) is 0 Å². The van der Waals surface area contributed by atoms with Crippen molar-refractivity contribution in [3.8, 4) is 0 Å². The van der Waals surface area contributed by atoms with E-state index in [1.54, 1.807) is 0 Å². The van der Waals surface area contributed by atoms with Crippen LogP contribution in [0.1, 0.15) is 50.2 Å². The minimum Gasteiger partial charge on any atom is -0.338 e. The molecule has 0 aromatic heterocycles. The van der Waals surface area contributed by atoms with E-state index in [2.05, 4.69) is 5.32 Å². The van der Waals surface area contributed by atoms with Gasteiger partial charge in [-0.05, 0) is 56.6 Å². The van der Waals surface area contributed by atoms with Gasteiger partial charge in [0, 0.05) is 12.6 Å². The zero-order valence-corrected chi connectivity index (χ0v) is 15.2. The molecule has 2 aliphatic heterocycles. The van der Waals surface area contributed by atoms with Crippen LogP contribution in [-0.2, 0) is 21.5 Å². The van der Waals surface area contributed by atoms with Crippen molar-refractivity contribution in [2.75, 3.05) is 13.1 Å². The molecule has 2 atom stereocenters. The molecule has 0 bridgehead atoms. The minimum absolute atomic E-state index is 0.137. The van der Waals surface area contributed by atoms with Crippen LogP contribution in [0.4, 0.5) is 4.79 Å². The third kappa shape index (κ3) is 2.59. The van der Waals surface area contributed by atoms with E-state index in [0.717, 1.165) is 48.1 Å². The molecule has 1 aliphatic carbocycles. The average molecular weight is 355 g/mol. The van der Waals surface area contributed by atoms with Crippen molar-refractivity contribution in [3.63, 3.8) is 0 Å². The molecule has 2 fully saturated rings. The number of imide groups is 1. The quantitative estimate of drug-likeness (QED) is 0.827. The zero-order chi connectivity index (χ0) is 18.3. The van der Waals surface area contributed by atoms with Gasteiger partial charge in [0.25, 0.3) is 5.91 Å². The molecule has 138 valence electrons. The normalized spacial score (nSPS) is 28.3. The summed E-state index contributed by atoms with van der Waals surface area (Å²) in [6, 6.07) is 7.50. The van der Waals surface area contributed by atoms with Crippen LogP contribution in [0.15, 0.2) is 24.3 Å². The average Bonchev–Trinajstić information content (AvgIpc) is 2.87. The second kappa shape index (κ2) is 6.41. The van der Waals surface area contributed by atoms with Crippen LogP contribution in [0, 0.1) is 0 Å². The number of amides is 4. The van der Waals surface area contributed by atoms with E-state index in [-0.39, 0.29) is 24.4 Å². The van der Waals surface area contributed by atoms with Gasteiger partial charge in [-0.25, -0.2) is 4.79 Å². The fourth-order valence-corrected chi connectivity index (χ4v) is 4.65. The molecule has 1 N–H and O–H groups in total. The zero-order valence-electron chi connectivity index (χ0n) is 15.2. The summed E-state index contributed by atoms with van der Waals surface area (Å²) < 4.78 is 0. The number of carbonyl (C=O) groups is 3. The Labute approximate surface area is 153 Å². The number of rotatable bonds is 2. The monoisotopic (exact) mass is 355 g/mol. The van der Waals surface area contributed by atoms with Gasteiger partial charge in [0.1, 0.15) is 12.1 Å². The molecule has 1 aromatic rings. The van der Waals surface area contributed by atoms with Crippen LogP contribution in [0.2, 0.25) is 0 Å². The van der Waals surface area contributed by atoms with Gasteiger partial charge < -0.3 is 10.2 Å². The standard InChI is InChI=1S/C20H25N3O3/c1-14-7-4-5-12-22(14)17(24)13-23-18(25)20(21-19(23)26)11-6-9-15-8-2-3-10-16(15)20/h2-3,8,10,14H,4-7,9,11-13H2,1H3,(H,21,26)/t14-,20+/m1/s1. The highest BCUT2D eigenvalue weighted by Gasteiger charge is 2.54. The first kappa shape index (κ1) is 17.1. The molecule has 0 saturated carbocycles. The highest BCUT2D eigenvalue weighted by molar-refractivity contribution is 6.09. The van der Waals surface area contributed by atoms with Crippen molar-refractivity contribution in [1.82, 2.24) is 15.1 Å². The van der Waals surface area contributed by atoms with Crippen molar-refractivity contribution in [3.05, 3.63) is 35.4 Å². The Morgan fingerprint density at radius 1 is 1.23 bits per heavy atom. The molecule has 3 aliphatic rings. The number of aryl methyl sites for hydroxylation is 1. The molecule has 0 radical (unpaired) electrons. The Morgan fingerprint density at radius 3 is 2.85 bits per heavy atom. The lowest BCUT2D eigenvalue weighted by atomic mass is 9.76. The summed E-state index contributed by atoms with van der Waals surface area (Å²) in [6.45, 7) is 2.57. The Hall–Kier alpha value is -2.37. The number of likely N-dealkylation sites (tertiary alicyclic amines) is 1. The first-order valence-electron chi connectivity index (χ1n) is 9.55. The second-order valence-electron chi connectivity index (χ2n) is 7.67. The smallest absolute Gasteiger partial charge is 0.325 e. The van der Waals surface area contributed by atoms with E-state index in [4.69, 9.17) is 0 Å². The molecule has 1 aromatic carbocycles. The lowest BCUT2D eigenvalue weighted by Crippen LogP contribution is -2.49. The van der Waals surface area contributed by atoms with Crippen LogP contribution in [0.3, 0.4) is 0 Å². The van der Waals surface area contributed by atoms with Gasteiger partial charge in [0.2, 0.25) is 5.91 Å². The number of benzene rings is 1. The van der Waals surface area contributed by atoms with Gasteiger partial charge in [-0.3, -0.25) is 14.5 Å². The molecule has 0 unspecified atom stereocenters. The molecule has 6 nitrogen and oxygen atoms in total. The maximum atomic E-state index is 13.2. The lowest BCUT2D eigenvalue weighted by Gasteiger charge is -2.35. The summed E-state index contributed by atoms with van der Waals surface area (Å²) in [4.78, 5) is 41.5. The van der Waals surface area contributed by atoms with Gasteiger partial charge in [0.15, 0.2) is 0 Å². The van der Waals surface area contributed by atoms with Crippen LogP contribution < -0.4 is 5.32 Å². The van der Waals surface area contributed by atoms with E-state index in [9.17, 15) is 14.4 Å². The van der Waals surface area contributed by atoms with Gasteiger partial charge in [-0.15, -0.1) is 0 Å². The van der Waals surface area contributed by atoms with Crippen LogP contribution in [0.5, 0.6) is 0 Å². The van der Waals surface area contributed by atoms with Crippen LogP contribution in [0.25, 0.3) is 0 Å². The second-order valence-corrected chi connectivity index (χ2v) is 7.67. The number of carbonyl (C=O) groups excluding carboxylic acids is 3. The molecule has 4 rings (SSSR count). The molecule has 6 heteroatoms. The lowest BCUT2D eigenvalue weighted by molar-refractivity contribution is -0.141. The summed E-state index contributed by atoms with van der Waals surface area (Å²) in [5, 5.41) is 2.91. The summed E-state index contributed by atoms with van der Waals surface area (Å²) in [5.74, 6) is -0.422. The van der Waals surface area contributed by atoms with Gasteiger partial charge in [-0.2, -0.15) is 0 Å². The van der Waals surface area contributed by atoms with Gasteiger partial charge >= 0.3 is 6.03 Å². The van der Waals surface area contributed by atoms with Crippen molar-refractivity contribution in [1.29, 1.82) is 0 Å². The molecular formula is C20H25N3O3. The molecule has 2 saturated heterocycles.